The van der Waals surface area contributed by atoms with Gasteiger partial charge in [0.05, 0.1) is 29.8 Å². The topological polar surface area (TPSA) is 120 Å². The number of aromatic nitrogens is 2. The van der Waals surface area contributed by atoms with Gasteiger partial charge in [0.15, 0.2) is 15.7 Å². The van der Waals surface area contributed by atoms with Crippen molar-refractivity contribution in [2.24, 2.45) is 0 Å². The summed E-state index contributed by atoms with van der Waals surface area (Å²) in [4.78, 5) is 24.0. The first-order valence-corrected chi connectivity index (χ1v) is 15.8. The highest BCUT2D eigenvalue weighted by Crippen LogP contribution is 2.55. The Kier molecular flexibility index (Phi) is 8.38. The molecule has 6 rings (SSSR count). The van der Waals surface area contributed by atoms with Gasteiger partial charge in [-0.2, -0.15) is 8.78 Å². The van der Waals surface area contributed by atoms with E-state index in [0.29, 0.717) is 66.9 Å². The molecule has 1 aromatic heterocycles. The smallest absolute Gasteiger partial charge is 0.417 e. The lowest BCUT2D eigenvalue weighted by Gasteiger charge is -2.34. The molecule has 0 radical (unpaired) electrons. The summed E-state index contributed by atoms with van der Waals surface area (Å²) in [6.07, 6.45) is 0.0300. The maximum absolute atomic E-state index is 14.0. The standard InChI is InChI=1S/C32H30F2N4O6S/c1-21-20-42-18-17-38(21)28-19-27(32(15-16-32)45(40,41)26-13-11-25(12-14-26)43-30(33)34)36-29(37-28)22-7-9-23(10-8-22)35-31(39)44-24-5-3-2-4-6-24/h2-14,19,21,30H,15-18,20H2,1H3,(H,35,39)/t21-/m0/s1. The first-order valence-electron chi connectivity index (χ1n) is 14.3. The van der Waals surface area contributed by atoms with Crippen molar-refractivity contribution in [3.63, 3.8) is 0 Å². The second-order valence-corrected chi connectivity index (χ2v) is 13.1. The predicted molar refractivity (Wildman–Crippen MR) is 162 cm³/mol. The third-order valence-corrected chi connectivity index (χ3v) is 10.3. The highest BCUT2D eigenvalue weighted by Gasteiger charge is 2.58. The molecule has 0 spiro atoms. The number of sulfone groups is 1. The minimum atomic E-state index is -3.97. The highest BCUT2D eigenvalue weighted by molar-refractivity contribution is 7.92. The summed E-state index contributed by atoms with van der Waals surface area (Å²) in [6, 6.07) is 22.2. The van der Waals surface area contributed by atoms with Gasteiger partial charge >= 0.3 is 12.7 Å². The Morgan fingerprint density at radius 1 is 1.00 bits per heavy atom. The lowest BCUT2D eigenvalue weighted by Crippen LogP contribution is -2.44. The van der Waals surface area contributed by atoms with Crippen LogP contribution in [0, 0.1) is 0 Å². The van der Waals surface area contributed by atoms with Gasteiger partial charge in [0.25, 0.3) is 0 Å². The summed E-state index contributed by atoms with van der Waals surface area (Å²) < 4.78 is 67.2. The number of carbonyl (C=O) groups excluding carboxylic acids is 1. The third kappa shape index (κ3) is 6.45. The summed E-state index contributed by atoms with van der Waals surface area (Å²) in [5.74, 6) is 1.17. The van der Waals surface area contributed by atoms with Crippen LogP contribution in [-0.2, 0) is 19.3 Å². The molecule has 2 fully saturated rings. The van der Waals surface area contributed by atoms with Gasteiger partial charge in [-0.1, -0.05) is 18.2 Å². The van der Waals surface area contributed by atoms with Crippen molar-refractivity contribution < 1.29 is 36.2 Å². The van der Waals surface area contributed by atoms with Crippen molar-refractivity contribution >= 4 is 27.4 Å². The monoisotopic (exact) mass is 636 g/mol. The molecule has 4 aromatic rings. The first-order chi connectivity index (χ1) is 21.6. The van der Waals surface area contributed by atoms with E-state index in [1.807, 2.05) is 13.0 Å². The molecule has 1 saturated carbocycles. The molecule has 1 amide bonds. The van der Waals surface area contributed by atoms with Crippen molar-refractivity contribution in [3.05, 3.63) is 90.6 Å². The number of alkyl halides is 2. The Balaban J connectivity index is 1.32. The molecule has 2 heterocycles. The summed E-state index contributed by atoms with van der Waals surface area (Å²) in [5.41, 5.74) is 1.45. The molecule has 0 unspecified atom stereocenters. The van der Waals surface area contributed by atoms with Crippen LogP contribution >= 0.6 is 0 Å². The Morgan fingerprint density at radius 3 is 2.36 bits per heavy atom. The number of hydrogen-bond acceptors (Lipinski definition) is 9. The van der Waals surface area contributed by atoms with Gasteiger partial charge in [-0.05, 0) is 80.4 Å². The number of amides is 1. The minimum Gasteiger partial charge on any atom is -0.435 e. The van der Waals surface area contributed by atoms with Gasteiger partial charge in [-0.25, -0.2) is 23.2 Å². The van der Waals surface area contributed by atoms with Gasteiger partial charge in [0.1, 0.15) is 22.1 Å². The number of para-hydroxylation sites is 1. The molecule has 1 aliphatic carbocycles. The second-order valence-electron chi connectivity index (χ2n) is 10.8. The molecule has 2 aliphatic rings. The Morgan fingerprint density at radius 2 is 1.71 bits per heavy atom. The van der Waals surface area contributed by atoms with E-state index in [1.54, 1.807) is 54.6 Å². The van der Waals surface area contributed by atoms with E-state index in [0.717, 1.165) is 0 Å². The van der Waals surface area contributed by atoms with Gasteiger partial charge in [-0.3, -0.25) is 5.32 Å². The number of halogens is 2. The number of morpholine rings is 1. The average Bonchev–Trinajstić information content (AvgIpc) is 3.85. The Hall–Kier alpha value is -4.62. The average molecular weight is 637 g/mol. The van der Waals surface area contributed by atoms with Crippen molar-refractivity contribution in [1.29, 1.82) is 0 Å². The largest absolute Gasteiger partial charge is 0.435 e. The molecule has 1 atom stereocenters. The van der Waals surface area contributed by atoms with Crippen LogP contribution < -0.4 is 19.7 Å². The lowest BCUT2D eigenvalue weighted by atomic mass is 10.1. The number of rotatable bonds is 9. The van der Waals surface area contributed by atoms with Crippen LogP contribution in [-0.4, -0.2) is 56.9 Å². The van der Waals surface area contributed by atoms with Crippen LogP contribution in [0.25, 0.3) is 11.4 Å². The maximum atomic E-state index is 14.0. The van der Waals surface area contributed by atoms with E-state index in [4.69, 9.17) is 19.4 Å². The van der Waals surface area contributed by atoms with Gasteiger partial charge in [-0.15, -0.1) is 0 Å². The summed E-state index contributed by atoms with van der Waals surface area (Å²) in [5, 5.41) is 2.68. The van der Waals surface area contributed by atoms with Gasteiger partial charge in [0.2, 0.25) is 0 Å². The molecule has 45 heavy (non-hydrogen) atoms. The van der Waals surface area contributed by atoms with Crippen LogP contribution in [0.4, 0.5) is 25.1 Å². The highest BCUT2D eigenvalue weighted by atomic mass is 32.2. The molecule has 10 nitrogen and oxygen atoms in total. The van der Waals surface area contributed by atoms with Crippen LogP contribution in [0.5, 0.6) is 11.5 Å². The van der Waals surface area contributed by atoms with Crippen molar-refractivity contribution in [2.45, 2.75) is 42.1 Å². The number of carbonyl (C=O) groups is 1. The summed E-state index contributed by atoms with van der Waals surface area (Å²) in [6.45, 7) is 0.534. The molecule has 3 aromatic carbocycles. The van der Waals surface area contributed by atoms with Crippen LogP contribution in [0.2, 0.25) is 0 Å². The first kappa shape index (κ1) is 30.4. The maximum Gasteiger partial charge on any atom is 0.417 e. The zero-order valence-electron chi connectivity index (χ0n) is 24.2. The molecule has 1 N–H and O–H groups in total. The van der Waals surface area contributed by atoms with Crippen molar-refractivity contribution in [2.75, 3.05) is 30.0 Å². The van der Waals surface area contributed by atoms with E-state index < -0.39 is 27.3 Å². The number of benzene rings is 3. The molecule has 1 aliphatic heterocycles. The van der Waals surface area contributed by atoms with Crippen LogP contribution in [0.15, 0.2) is 89.8 Å². The zero-order chi connectivity index (χ0) is 31.6. The van der Waals surface area contributed by atoms with Gasteiger partial charge < -0.3 is 19.1 Å². The third-order valence-electron chi connectivity index (χ3n) is 7.76. The lowest BCUT2D eigenvalue weighted by molar-refractivity contribution is -0.0498. The molecule has 13 heteroatoms. The van der Waals surface area contributed by atoms with E-state index >= 15 is 0 Å². The quantitative estimate of drug-likeness (QED) is 0.234. The minimum absolute atomic E-state index is 0.00862. The van der Waals surface area contributed by atoms with Gasteiger partial charge in [0, 0.05) is 23.9 Å². The van der Waals surface area contributed by atoms with Crippen molar-refractivity contribution in [1.82, 2.24) is 9.97 Å². The fourth-order valence-electron chi connectivity index (χ4n) is 5.26. The number of anilines is 2. The van der Waals surface area contributed by atoms with E-state index in [-0.39, 0.29) is 16.7 Å². The SMILES string of the molecule is C[C@H]1COCCN1c1cc(C2(S(=O)(=O)c3ccc(OC(F)F)cc3)CC2)nc(-c2ccc(NC(=O)Oc3ccccc3)cc2)n1. The summed E-state index contributed by atoms with van der Waals surface area (Å²) in [7, 11) is -3.97. The number of nitrogens with zero attached hydrogens (tertiary/aromatic N) is 3. The molecular weight excluding hydrogens is 606 g/mol. The number of hydrogen-bond donors (Lipinski definition) is 1. The number of nitrogens with one attached hydrogen (secondary N) is 1. The van der Waals surface area contributed by atoms with Crippen molar-refractivity contribution in [3.8, 4) is 22.9 Å². The normalized spacial score (nSPS) is 17.5. The fourth-order valence-corrected chi connectivity index (χ4v) is 7.22. The van der Waals surface area contributed by atoms with E-state index in [9.17, 15) is 22.0 Å². The predicted octanol–water partition coefficient (Wildman–Crippen LogP) is 6.04. The molecular formula is C32H30F2N4O6S. The van der Waals surface area contributed by atoms with E-state index in [1.165, 1.54) is 24.3 Å². The molecule has 1 saturated heterocycles. The van der Waals surface area contributed by atoms with E-state index in [2.05, 4.69) is 15.0 Å². The molecule has 0 bridgehead atoms. The molecule has 234 valence electrons. The summed E-state index contributed by atoms with van der Waals surface area (Å²) >= 11 is 0. The van der Waals surface area contributed by atoms with Crippen LogP contribution in [0.1, 0.15) is 25.5 Å². The second kappa shape index (κ2) is 12.4. The Labute approximate surface area is 258 Å². The number of ether oxygens (including phenoxy) is 3. The van der Waals surface area contributed by atoms with Crippen LogP contribution in [0.3, 0.4) is 0 Å². The fraction of sp³-hybridized carbons (Fsp3) is 0.281. The Bertz CT molecular complexity index is 1770. The zero-order valence-corrected chi connectivity index (χ0v) is 25.0.